The van der Waals surface area contributed by atoms with Crippen LogP contribution in [0.3, 0.4) is 0 Å². The summed E-state index contributed by atoms with van der Waals surface area (Å²) in [5.41, 5.74) is 2.27. The molecule has 34 heavy (non-hydrogen) atoms. The summed E-state index contributed by atoms with van der Waals surface area (Å²) in [4.78, 5) is 18.4. The fourth-order valence-corrected chi connectivity index (χ4v) is 3.77. The van der Waals surface area contributed by atoms with Crippen LogP contribution >= 0.6 is 0 Å². The highest BCUT2D eigenvalue weighted by atomic mass is 32.2. The largest absolute Gasteiger partial charge is 0.760 e. The SMILES string of the molecule is COc1cccc(OC)c1-n1c(-c2cccc(OC3CC3)n2)nc2ncc(CNS(=O)[O-])nc21. The van der Waals surface area contributed by atoms with Crippen molar-refractivity contribution < 1.29 is 23.0 Å². The fourth-order valence-electron chi connectivity index (χ4n) is 3.50. The van der Waals surface area contributed by atoms with Crippen molar-refractivity contribution in [2.45, 2.75) is 25.5 Å². The molecule has 1 atom stereocenters. The van der Waals surface area contributed by atoms with Gasteiger partial charge in [-0.1, -0.05) is 12.1 Å². The Hall–Kier alpha value is -3.61. The summed E-state index contributed by atoms with van der Waals surface area (Å²) in [6, 6.07) is 10.9. The van der Waals surface area contributed by atoms with Gasteiger partial charge in [-0.2, -0.15) is 0 Å². The van der Waals surface area contributed by atoms with E-state index in [2.05, 4.69) is 19.7 Å². The number of pyridine rings is 1. The van der Waals surface area contributed by atoms with E-state index in [0.29, 0.717) is 51.6 Å². The Morgan fingerprint density at radius 3 is 2.50 bits per heavy atom. The van der Waals surface area contributed by atoms with Gasteiger partial charge in [-0.05, 0) is 31.0 Å². The Morgan fingerprint density at radius 2 is 1.82 bits per heavy atom. The molecule has 0 aliphatic heterocycles. The Bertz CT molecular complexity index is 1350. The summed E-state index contributed by atoms with van der Waals surface area (Å²) < 4.78 is 43.1. The van der Waals surface area contributed by atoms with Crippen LogP contribution in [0, 0.1) is 0 Å². The zero-order valence-electron chi connectivity index (χ0n) is 18.4. The van der Waals surface area contributed by atoms with E-state index in [-0.39, 0.29) is 12.6 Å². The molecule has 1 aliphatic carbocycles. The van der Waals surface area contributed by atoms with Crippen molar-refractivity contribution in [3.05, 3.63) is 48.3 Å². The second kappa shape index (κ2) is 9.33. The number of hydrogen-bond acceptors (Lipinski definition) is 9. The van der Waals surface area contributed by atoms with Gasteiger partial charge in [0.25, 0.3) is 0 Å². The Balaban J connectivity index is 1.74. The van der Waals surface area contributed by atoms with E-state index >= 15 is 0 Å². The van der Waals surface area contributed by atoms with E-state index < -0.39 is 11.3 Å². The van der Waals surface area contributed by atoms with Gasteiger partial charge in [0, 0.05) is 17.3 Å². The van der Waals surface area contributed by atoms with Crippen molar-refractivity contribution in [3.63, 3.8) is 0 Å². The van der Waals surface area contributed by atoms with Crippen molar-refractivity contribution in [3.8, 4) is 34.6 Å². The zero-order valence-corrected chi connectivity index (χ0v) is 19.2. The standard InChI is InChI=1S/C22H22N6O5S/c1-31-16-6-4-7-17(32-2)19(16)28-21(15-5-3-8-18(26-15)33-14-9-10-14)27-20-22(28)25-13(11-23-20)12-24-34(29)30/h3-8,11,14,24H,9-10,12H2,1-2H3,(H,29,30)/p-1. The van der Waals surface area contributed by atoms with Crippen molar-refractivity contribution in [1.82, 2.24) is 29.2 Å². The molecule has 176 valence electrons. The van der Waals surface area contributed by atoms with Crippen LogP contribution in [0.4, 0.5) is 0 Å². The molecule has 1 unspecified atom stereocenters. The molecule has 12 heteroatoms. The van der Waals surface area contributed by atoms with Crippen LogP contribution in [0.2, 0.25) is 0 Å². The lowest BCUT2D eigenvalue weighted by atomic mass is 10.2. The number of imidazole rings is 1. The minimum atomic E-state index is -2.43. The molecular formula is C22H21N6O5S-. The molecule has 0 radical (unpaired) electrons. The Labute approximate surface area is 197 Å². The van der Waals surface area contributed by atoms with Gasteiger partial charge in [0.05, 0.1) is 32.7 Å². The molecule has 1 N–H and O–H groups in total. The monoisotopic (exact) mass is 481 g/mol. The van der Waals surface area contributed by atoms with Gasteiger partial charge in [0.2, 0.25) is 5.88 Å². The Morgan fingerprint density at radius 1 is 1.09 bits per heavy atom. The van der Waals surface area contributed by atoms with E-state index in [1.807, 2.05) is 24.3 Å². The lowest BCUT2D eigenvalue weighted by Gasteiger charge is -2.16. The van der Waals surface area contributed by atoms with Crippen LogP contribution in [-0.4, -0.2) is 53.6 Å². The summed E-state index contributed by atoms with van der Waals surface area (Å²) in [6.45, 7) is -0.0222. The number of nitrogens with one attached hydrogen (secondary N) is 1. The number of nitrogens with zero attached hydrogens (tertiary/aromatic N) is 5. The molecule has 0 saturated heterocycles. The minimum absolute atomic E-state index is 0.0222. The summed E-state index contributed by atoms with van der Waals surface area (Å²) in [5.74, 6) is 2.01. The van der Waals surface area contributed by atoms with Crippen molar-refractivity contribution in [2.75, 3.05) is 14.2 Å². The highest BCUT2D eigenvalue weighted by Gasteiger charge is 2.26. The number of rotatable bonds is 9. The number of methoxy groups -OCH3 is 2. The van der Waals surface area contributed by atoms with Crippen LogP contribution in [0.1, 0.15) is 18.5 Å². The van der Waals surface area contributed by atoms with Gasteiger partial charge in [0.15, 0.2) is 17.1 Å². The lowest BCUT2D eigenvalue weighted by Crippen LogP contribution is -2.17. The first kappa shape index (κ1) is 22.2. The third-order valence-corrected chi connectivity index (χ3v) is 5.56. The molecule has 4 aromatic rings. The van der Waals surface area contributed by atoms with E-state index in [1.54, 1.807) is 30.9 Å². The molecular weight excluding hydrogens is 460 g/mol. The van der Waals surface area contributed by atoms with Gasteiger partial charge in [0.1, 0.15) is 29.0 Å². The third-order valence-electron chi connectivity index (χ3n) is 5.18. The summed E-state index contributed by atoms with van der Waals surface area (Å²) in [7, 11) is 3.12. The van der Waals surface area contributed by atoms with E-state index in [0.717, 1.165) is 12.8 Å². The number of ether oxygens (including phenoxy) is 3. The van der Waals surface area contributed by atoms with Crippen LogP contribution in [0.25, 0.3) is 28.5 Å². The van der Waals surface area contributed by atoms with Gasteiger partial charge < -0.3 is 18.8 Å². The highest BCUT2D eigenvalue weighted by molar-refractivity contribution is 7.77. The number of hydrogen-bond donors (Lipinski definition) is 1. The molecule has 1 saturated carbocycles. The van der Waals surface area contributed by atoms with Crippen LogP contribution in [0.5, 0.6) is 17.4 Å². The first-order valence-corrected chi connectivity index (χ1v) is 11.6. The van der Waals surface area contributed by atoms with Crippen LogP contribution in [-0.2, 0) is 17.8 Å². The molecule has 3 heterocycles. The second-order valence-corrected chi connectivity index (χ2v) is 8.28. The van der Waals surface area contributed by atoms with Crippen molar-refractivity contribution >= 4 is 22.6 Å². The Kier molecular flexibility index (Phi) is 6.09. The predicted molar refractivity (Wildman–Crippen MR) is 122 cm³/mol. The molecule has 11 nitrogen and oxygen atoms in total. The third kappa shape index (κ3) is 4.42. The molecule has 0 bridgehead atoms. The second-order valence-electron chi connectivity index (χ2n) is 7.52. The van der Waals surface area contributed by atoms with E-state index in [9.17, 15) is 8.76 Å². The fraction of sp³-hybridized carbons (Fsp3) is 0.273. The molecule has 5 rings (SSSR count). The maximum atomic E-state index is 11.0. The van der Waals surface area contributed by atoms with E-state index in [4.69, 9.17) is 19.2 Å². The van der Waals surface area contributed by atoms with Crippen molar-refractivity contribution in [2.24, 2.45) is 0 Å². The maximum Gasteiger partial charge on any atom is 0.214 e. The number of aromatic nitrogens is 5. The van der Waals surface area contributed by atoms with E-state index in [1.165, 1.54) is 6.20 Å². The lowest BCUT2D eigenvalue weighted by molar-refractivity contribution is 0.291. The average Bonchev–Trinajstić information content (AvgIpc) is 3.59. The predicted octanol–water partition coefficient (Wildman–Crippen LogP) is 2.32. The number of para-hydroxylation sites is 1. The summed E-state index contributed by atoms with van der Waals surface area (Å²) >= 11 is -2.43. The molecule has 1 aromatic carbocycles. The number of fused-ring (bicyclic) bond motifs is 1. The highest BCUT2D eigenvalue weighted by Crippen LogP contribution is 2.38. The maximum absolute atomic E-state index is 11.0. The summed E-state index contributed by atoms with van der Waals surface area (Å²) in [6.07, 6.45) is 3.70. The molecule has 0 spiro atoms. The molecule has 3 aromatic heterocycles. The zero-order chi connectivity index (χ0) is 23.7. The smallest absolute Gasteiger partial charge is 0.214 e. The molecule has 1 fully saturated rings. The molecule has 1 aliphatic rings. The first-order chi connectivity index (χ1) is 16.6. The minimum Gasteiger partial charge on any atom is -0.760 e. The normalized spacial score (nSPS) is 14.2. The topological polar surface area (TPSA) is 136 Å². The van der Waals surface area contributed by atoms with Gasteiger partial charge >= 0.3 is 0 Å². The summed E-state index contributed by atoms with van der Waals surface area (Å²) in [5, 5.41) is 0. The molecule has 0 amide bonds. The average molecular weight is 482 g/mol. The first-order valence-electron chi connectivity index (χ1n) is 10.5. The van der Waals surface area contributed by atoms with Gasteiger partial charge in [-0.25, -0.2) is 24.7 Å². The van der Waals surface area contributed by atoms with Crippen LogP contribution < -0.4 is 18.9 Å². The van der Waals surface area contributed by atoms with Crippen molar-refractivity contribution in [1.29, 1.82) is 0 Å². The quantitative estimate of drug-likeness (QED) is 0.357. The van der Waals surface area contributed by atoms with Crippen LogP contribution in [0.15, 0.2) is 42.6 Å². The number of benzene rings is 1. The van der Waals surface area contributed by atoms with Gasteiger partial charge in [-0.15, -0.1) is 0 Å². The van der Waals surface area contributed by atoms with Gasteiger partial charge in [-0.3, -0.25) is 8.78 Å².